The lowest BCUT2D eigenvalue weighted by Crippen LogP contribution is -2.04. The molecule has 14 heavy (non-hydrogen) atoms. The third-order valence-electron chi connectivity index (χ3n) is 2.13. The smallest absolute Gasteiger partial charge is 0.207 e. The number of carbonyl (C=O) groups excluding carboxylic acids is 1. The van der Waals surface area contributed by atoms with E-state index < -0.39 is 0 Å². The summed E-state index contributed by atoms with van der Waals surface area (Å²) in [6.45, 7) is 4.37. The van der Waals surface area contributed by atoms with Gasteiger partial charge in [-0.3, -0.25) is 4.79 Å². The summed E-state index contributed by atoms with van der Waals surface area (Å²) in [5.74, 6) is 2.82. The van der Waals surface area contributed by atoms with E-state index in [0.717, 1.165) is 5.75 Å². The molecule has 1 heterocycles. The van der Waals surface area contributed by atoms with Crippen molar-refractivity contribution in [2.45, 2.75) is 20.3 Å². The molecule has 0 aliphatic heterocycles. The number of ketones is 1. The first kappa shape index (κ1) is 11.4. The van der Waals surface area contributed by atoms with Crippen molar-refractivity contribution < 1.29 is 9.21 Å². The molecule has 1 rings (SSSR count). The van der Waals surface area contributed by atoms with Gasteiger partial charge in [-0.25, -0.2) is 0 Å². The fourth-order valence-corrected chi connectivity index (χ4v) is 2.06. The Kier molecular flexibility index (Phi) is 4.80. The van der Waals surface area contributed by atoms with E-state index in [1.807, 2.05) is 0 Å². The van der Waals surface area contributed by atoms with Gasteiger partial charge in [-0.05, 0) is 23.8 Å². The Labute approximate surface area is 89.1 Å². The van der Waals surface area contributed by atoms with Crippen molar-refractivity contribution in [2.24, 2.45) is 5.92 Å². The van der Waals surface area contributed by atoms with Gasteiger partial charge in [0, 0.05) is 0 Å². The molecular formula is C11H16O2S. The van der Waals surface area contributed by atoms with Crippen molar-refractivity contribution >= 4 is 17.5 Å². The highest BCUT2D eigenvalue weighted by Crippen LogP contribution is 2.13. The van der Waals surface area contributed by atoms with E-state index in [1.54, 1.807) is 23.9 Å². The Morgan fingerprint density at radius 1 is 1.64 bits per heavy atom. The highest BCUT2D eigenvalue weighted by molar-refractivity contribution is 7.99. The molecular weight excluding hydrogens is 196 g/mol. The molecule has 3 heteroatoms. The van der Waals surface area contributed by atoms with Gasteiger partial charge in [-0.1, -0.05) is 20.3 Å². The molecule has 1 unspecified atom stereocenters. The van der Waals surface area contributed by atoms with Crippen LogP contribution < -0.4 is 0 Å². The maximum atomic E-state index is 11.5. The molecule has 0 aliphatic rings. The van der Waals surface area contributed by atoms with E-state index in [4.69, 9.17) is 4.42 Å². The highest BCUT2D eigenvalue weighted by atomic mass is 32.2. The van der Waals surface area contributed by atoms with Crippen molar-refractivity contribution in [3.8, 4) is 0 Å². The maximum absolute atomic E-state index is 11.5. The molecule has 0 aromatic carbocycles. The second-order valence-corrected chi connectivity index (χ2v) is 4.46. The van der Waals surface area contributed by atoms with Crippen LogP contribution in [0, 0.1) is 5.92 Å². The van der Waals surface area contributed by atoms with E-state index in [9.17, 15) is 4.79 Å². The molecule has 0 fully saturated rings. The van der Waals surface area contributed by atoms with Gasteiger partial charge in [0.1, 0.15) is 0 Å². The van der Waals surface area contributed by atoms with Gasteiger partial charge < -0.3 is 4.42 Å². The minimum Gasteiger partial charge on any atom is -0.461 e. The topological polar surface area (TPSA) is 30.2 Å². The standard InChI is InChI=1S/C11H16O2S/c1-3-9(2)7-14-8-10(12)11-5-4-6-13-11/h4-6,9H,3,7-8H2,1-2H3. The third kappa shape index (κ3) is 3.58. The Balaban J connectivity index is 2.23. The second kappa shape index (κ2) is 5.91. The number of Topliss-reactive ketones (excluding diaryl/α,β-unsaturated/α-hetero) is 1. The normalized spacial score (nSPS) is 12.7. The second-order valence-electron chi connectivity index (χ2n) is 3.43. The van der Waals surface area contributed by atoms with Gasteiger partial charge >= 0.3 is 0 Å². The molecule has 0 amide bonds. The maximum Gasteiger partial charge on any atom is 0.207 e. The lowest BCUT2D eigenvalue weighted by Gasteiger charge is -2.05. The summed E-state index contributed by atoms with van der Waals surface area (Å²) in [4.78, 5) is 11.5. The summed E-state index contributed by atoms with van der Waals surface area (Å²) in [5, 5.41) is 0. The summed E-state index contributed by atoms with van der Waals surface area (Å²) in [7, 11) is 0. The van der Waals surface area contributed by atoms with E-state index in [-0.39, 0.29) is 5.78 Å². The molecule has 78 valence electrons. The van der Waals surface area contributed by atoms with Crippen LogP contribution in [0.1, 0.15) is 30.8 Å². The van der Waals surface area contributed by atoms with Crippen molar-refractivity contribution in [2.75, 3.05) is 11.5 Å². The Bertz CT molecular complexity index is 267. The van der Waals surface area contributed by atoms with Crippen molar-refractivity contribution in [3.05, 3.63) is 24.2 Å². The first-order valence-electron chi connectivity index (χ1n) is 4.88. The summed E-state index contributed by atoms with van der Waals surface area (Å²) >= 11 is 1.68. The fraction of sp³-hybridized carbons (Fsp3) is 0.545. The van der Waals surface area contributed by atoms with E-state index in [0.29, 0.717) is 17.4 Å². The zero-order valence-corrected chi connectivity index (χ0v) is 9.47. The first-order chi connectivity index (χ1) is 6.74. The van der Waals surface area contributed by atoms with Crippen LogP contribution in [-0.2, 0) is 0 Å². The minimum absolute atomic E-state index is 0.0864. The Morgan fingerprint density at radius 2 is 2.43 bits per heavy atom. The van der Waals surface area contributed by atoms with Gasteiger partial charge in [0.25, 0.3) is 0 Å². The number of furan rings is 1. The number of rotatable bonds is 6. The third-order valence-corrected chi connectivity index (χ3v) is 3.40. The van der Waals surface area contributed by atoms with Crippen molar-refractivity contribution in [1.29, 1.82) is 0 Å². The van der Waals surface area contributed by atoms with Gasteiger partial charge in [0.15, 0.2) is 5.76 Å². The van der Waals surface area contributed by atoms with Crippen LogP contribution in [0.2, 0.25) is 0 Å². The van der Waals surface area contributed by atoms with Gasteiger partial charge in [-0.15, -0.1) is 0 Å². The van der Waals surface area contributed by atoms with Crippen molar-refractivity contribution in [3.63, 3.8) is 0 Å². The van der Waals surface area contributed by atoms with Gasteiger partial charge in [0.2, 0.25) is 5.78 Å². The van der Waals surface area contributed by atoms with Gasteiger partial charge in [-0.2, -0.15) is 11.8 Å². The number of hydrogen-bond donors (Lipinski definition) is 0. The molecule has 0 saturated heterocycles. The SMILES string of the molecule is CCC(C)CSCC(=O)c1ccco1. The van der Waals surface area contributed by atoms with Crippen molar-refractivity contribution in [1.82, 2.24) is 0 Å². The Hall–Kier alpha value is -0.700. The molecule has 0 saturated carbocycles. The monoisotopic (exact) mass is 212 g/mol. The molecule has 0 radical (unpaired) electrons. The number of hydrogen-bond acceptors (Lipinski definition) is 3. The van der Waals surface area contributed by atoms with Crippen LogP contribution in [0.25, 0.3) is 0 Å². The quantitative estimate of drug-likeness (QED) is 0.678. The largest absolute Gasteiger partial charge is 0.461 e. The average Bonchev–Trinajstić information content (AvgIpc) is 2.70. The fourth-order valence-electron chi connectivity index (χ4n) is 0.979. The number of thioether (sulfide) groups is 1. The zero-order chi connectivity index (χ0) is 10.4. The predicted molar refractivity (Wildman–Crippen MR) is 59.8 cm³/mol. The molecule has 0 spiro atoms. The molecule has 2 nitrogen and oxygen atoms in total. The van der Waals surface area contributed by atoms with Crippen LogP contribution in [0.3, 0.4) is 0 Å². The lowest BCUT2D eigenvalue weighted by molar-refractivity contribution is 0.0992. The predicted octanol–water partition coefficient (Wildman–Crippen LogP) is 3.24. The minimum atomic E-state index is 0.0864. The van der Waals surface area contributed by atoms with Gasteiger partial charge in [0.05, 0.1) is 12.0 Å². The summed E-state index contributed by atoms with van der Waals surface area (Å²) in [5.41, 5.74) is 0. The Morgan fingerprint density at radius 3 is 3.00 bits per heavy atom. The summed E-state index contributed by atoms with van der Waals surface area (Å²) in [6.07, 6.45) is 2.70. The molecule has 1 aromatic rings. The van der Waals surface area contributed by atoms with E-state index in [1.165, 1.54) is 12.7 Å². The average molecular weight is 212 g/mol. The molecule has 1 atom stereocenters. The van der Waals surface area contributed by atoms with Crippen LogP contribution in [0.4, 0.5) is 0 Å². The molecule has 0 N–H and O–H groups in total. The van der Waals surface area contributed by atoms with E-state index >= 15 is 0 Å². The summed E-state index contributed by atoms with van der Waals surface area (Å²) in [6, 6.07) is 3.46. The van der Waals surface area contributed by atoms with Crippen LogP contribution in [-0.4, -0.2) is 17.3 Å². The molecule has 0 aliphatic carbocycles. The van der Waals surface area contributed by atoms with Crippen LogP contribution >= 0.6 is 11.8 Å². The number of carbonyl (C=O) groups is 1. The van der Waals surface area contributed by atoms with Crippen LogP contribution in [0.15, 0.2) is 22.8 Å². The molecule has 1 aromatic heterocycles. The first-order valence-corrected chi connectivity index (χ1v) is 6.04. The lowest BCUT2D eigenvalue weighted by atomic mass is 10.2. The van der Waals surface area contributed by atoms with Crippen LogP contribution in [0.5, 0.6) is 0 Å². The summed E-state index contributed by atoms with van der Waals surface area (Å²) < 4.78 is 5.02. The van der Waals surface area contributed by atoms with E-state index in [2.05, 4.69) is 13.8 Å². The zero-order valence-electron chi connectivity index (χ0n) is 8.66. The molecule has 0 bridgehead atoms. The highest BCUT2D eigenvalue weighted by Gasteiger charge is 2.09.